The number of rotatable bonds is 5. The van der Waals surface area contributed by atoms with Gasteiger partial charge in [0.1, 0.15) is 6.61 Å². The highest BCUT2D eigenvalue weighted by atomic mass is 16.5. The van der Waals surface area contributed by atoms with E-state index in [1.165, 1.54) is 6.92 Å². The summed E-state index contributed by atoms with van der Waals surface area (Å²) in [6.07, 6.45) is -0.778. The second-order valence-corrected chi connectivity index (χ2v) is 5.48. The minimum absolute atomic E-state index is 0.0796. The Morgan fingerprint density at radius 2 is 1.70 bits per heavy atom. The maximum Gasteiger partial charge on any atom is 0.408 e. The summed E-state index contributed by atoms with van der Waals surface area (Å²) in [6.45, 7) is 3.42. The van der Waals surface area contributed by atoms with Crippen LogP contribution in [0, 0.1) is 6.92 Å². The van der Waals surface area contributed by atoms with Gasteiger partial charge < -0.3 is 15.2 Å². The van der Waals surface area contributed by atoms with Crippen LogP contribution in [0.15, 0.2) is 54.6 Å². The first-order valence-electron chi connectivity index (χ1n) is 7.21. The van der Waals surface area contributed by atoms with E-state index in [1.807, 2.05) is 37.3 Å². The van der Waals surface area contributed by atoms with Crippen molar-refractivity contribution < 1.29 is 19.4 Å². The molecule has 0 spiro atoms. The van der Waals surface area contributed by atoms with E-state index >= 15 is 0 Å². The molecule has 2 aromatic rings. The van der Waals surface area contributed by atoms with Gasteiger partial charge in [-0.1, -0.05) is 60.2 Å². The lowest BCUT2D eigenvalue weighted by molar-refractivity contribution is -0.144. The molecule has 0 aromatic heterocycles. The molecular formula is C18H19NO4. The molecule has 120 valence electrons. The van der Waals surface area contributed by atoms with Crippen LogP contribution >= 0.6 is 0 Å². The Morgan fingerprint density at radius 3 is 2.26 bits per heavy atom. The molecular weight excluding hydrogens is 294 g/mol. The topological polar surface area (TPSA) is 75.6 Å². The van der Waals surface area contributed by atoms with Gasteiger partial charge in [0.25, 0.3) is 0 Å². The number of carbonyl (C=O) groups is 2. The van der Waals surface area contributed by atoms with Crippen LogP contribution in [-0.2, 0) is 21.7 Å². The summed E-state index contributed by atoms with van der Waals surface area (Å²) < 4.78 is 5.11. The number of aryl methyl sites for hydroxylation is 1. The second kappa shape index (κ2) is 6.96. The largest absolute Gasteiger partial charge is 0.479 e. The van der Waals surface area contributed by atoms with E-state index in [-0.39, 0.29) is 6.61 Å². The van der Waals surface area contributed by atoms with Crippen molar-refractivity contribution in [1.82, 2.24) is 5.32 Å². The second-order valence-electron chi connectivity index (χ2n) is 5.48. The molecule has 5 heteroatoms. The van der Waals surface area contributed by atoms with Crippen LogP contribution in [0.3, 0.4) is 0 Å². The van der Waals surface area contributed by atoms with E-state index in [0.717, 1.165) is 11.1 Å². The Morgan fingerprint density at radius 1 is 1.09 bits per heavy atom. The van der Waals surface area contributed by atoms with Crippen molar-refractivity contribution in [2.75, 3.05) is 0 Å². The number of hydrogen-bond acceptors (Lipinski definition) is 3. The number of ether oxygens (including phenoxy) is 1. The van der Waals surface area contributed by atoms with Crippen molar-refractivity contribution in [3.8, 4) is 0 Å². The normalized spacial score (nSPS) is 13.0. The molecule has 0 aliphatic heterocycles. The monoisotopic (exact) mass is 313 g/mol. The summed E-state index contributed by atoms with van der Waals surface area (Å²) in [4.78, 5) is 23.6. The lowest BCUT2D eigenvalue weighted by Crippen LogP contribution is -2.49. The zero-order valence-corrected chi connectivity index (χ0v) is 13.1. The summed E-state index contributed by atoms with van der Waals surface area (Å²) in [5.41, 5.74) is 0.761. The van der Waals surface area contributed by atoms with Gasteiger partial charge >= 0.3 is 12.1 Å². The quantitative estimate of drug-likeness (QED) is 0.888. The van der Waals surface area contributed by atoms with Gasteiger partial charge in [0.2, 0.25) is 0 Å². The Bertz CT molecular complexity index is 682. The number of carboxylic acid groups (broad SMARTS) is 1. The molecule has 0 aliphatic carbocycles. The van der Waals surface area contributed by atoms with E-state index in [1.54, 1.807) is 24.3 Å². The first-order chi connectivity index (χ1) is 10.9. The van der Waals surface area contributed by atoms with Crippen molar-refractivity contribution in [3.63, 3.8) is 0 Å². The summed E-state index contributed by atoms with van der Waals surface area (Å²) in [5.74, 6) is -1.15. The predicted molar refractivity (Wildman–Crippen MR) is 85.9 cm³/mol. The molecule has 0 radical (unpaired) electrons. The van der Waals surface area contributed by atoms with E-state index in [9.17, 15) is 14.7 Å². The number of carboxylic acids is 1. The maximum atomic E-state index is 12.0. The van der Waals surface area contributed by atoms with Gasteiger partial charge in [-0.2, -0.15) is 0 Å². The molecule has 5 nitrogen and oxygen atoms in total. The highest BCUT2D eigenvalue weighted by Gasteiger charge is 2.37. The zero-order chi connectivity index (χ0) is 16.9. The van der Waals surface area contributed by atoms with Crippen molar-refractivity contribution in [2.45, 2.75) is 26.0 Å². The van der Waals surface area contributed by atoms with Crippen molar-refractivity contribution in [1.29, 1.82) is 0 Å². The average molecular weight is 313 g/mol. The Labute approximate surface area is 134 Å². The lowest BCUT2D eigenvalue weighted by atomic mass is 9.91. The maximum absolute atomic E-state index is 12.0. The molecule has 0 aliphatic rings. The van der Waals surface area contributed by atoms with E-state index in [0.29, 0.717) is 5.56 Å². The Hall–Kier alpha value is -2.82. The standard InChI is InChI=1S/C18H19NO4/c1-13-8-10-15(11-9-13)18(2,16(20)21)19-17(22)23-12-14-6-4-3-5-7-14/h3-11H,12H2,1-2H3,(H,19,22)(H,20,21)/t18-/m1/s1. The van der Waals surface area contributed by atoms with Crippen molar-refractivity contribution >= 4 is 12.1 Å². The number of alkyl carbamates (subject to hydrolysis) is 1. The molecule has 1 atom stereocenters. The fourth-order valence-corrected chi connectivity index (χ4v) is 2.10. The fourth-order valence-electron chi connectivity index (χ4n) is 2.10. The van der Waals surface area contributed by atoms with Crippen LogP contribution in [0.25, 0.3) is 0 Å². The summed E-state index contributed by atoms with van der Waals surface area (Å²) >= 11 is 0. The third-order valence-electron chi connectivity index (χ3n) is 3.62. The van der Waals surface area contributed by atoms with Gasteiger partial charge in [-0.3, -0.25) is 0 Å². The number of carbonyl (C=O) groups excluding carboxylic acids is 1. The SMILES string of the molecule is Cc1ccc([C@@](C)(NC(=O)OCc2ccccc2)C(=O)O)cc1. The molecule has 0 heterocycles. The first-order valence-corrected chi connectivity index (χ1v) is 7.21. The number of nitrogens with one attached hydrogen (secondary N) is 1. The molecule has 0 saturated carbocycles. The Balaban J connectivity index is 2.08. The molecule has 2 aromatic carbocycles. The fraction of sp³-hybridized carbons (Fsp3) is 0.222. The summed E-state index contributed by atoms with van der Waals surface area (Å²) in [6, 6.07) is 16.1. The van der Waals surface area contributed by atoms with Crippen LogP contribution in [-0.4, -0.2) is 17.2 Å². The molecule has 23 heavy (non-hydrogen) atoms. The molecule has 0 unspecified atom stereocenters. The van der Waals surface area contributed by atoms with Crippen LogP contribution < -0.4 is 5.32 Å². The summed E-state index contributed by atoms with van der Waals surface area (Å²) in [5, 5.41) is 12.0. The van der Waals surface area contributed by atoms with Gasteiger partial charge in [0.15, 0.2) is 5.54 Å². The van der Waals surface area contributed by atoms with Crippen LogP contribution in [0.2, 0.25) is 0 Å². The van der Waals surface area contributed by atoms with E-state index in [2.05, 4.69) is 5.32 Å². The highest BCUT2D eigenvalue weighted by molar-refractivity contribution is 5.85. The third kappa shape index (κ3) is 4.10. The molecule has 0 saturated heterocycles. The van der Waals surface area contributed by atoms with E-state index in [4.69, 9.17) is 4.74 Å². The number of hydrogen-bond donors (Lipinski definition) is 2. The number of amides is 1. The molecule has 0 bridgehead atoms. The molecule has 2 rings (SSSR count). The smallest absolute Gasteiger partial charge is 0.408 e. The highest BCUT2D eigenvalue weighted by Crippen LogP contribution is 2.22. The van der Waals surface area contributed by atoms with E-state index < -0.39 is 17.6 Å². The number of aliphatic carboxylic acids is 1. The minimum Gasteiger partial charge on any atom is -0.479 e. The van der Waals surface area contributed by atoms with Gasteiger partial charge in [-0.25, -0.2) is 9.59 Å². The van der Waals surface area contributed by atoms with Gasteiger partial charge in [0, 0.05) is 0 Å². The van der Waals surface area contributed by atoms with Crippen molar-refractivity contribution in [2.24, 2.45) is 0 Å². The summed E-state index contributed by atoms with van der Waals surface area (Å²) in [7, 11) is 0. The molecule has 0 fully saturated rings. The van der Waals surface area contributed by atoms with Crippen LogP contribution in [0.1, 0.15) is 23.6 Å². The van der Waals surface area contributed by atoms with Crippen LogP contribution in [0.5, 0.6) is 0 Å². The first kappa shape index (κ1) is 16.5. The lowest BCUT2D eigenvalue weighted by Gasteiger charge is -2.26. The molecule has 2 N–H and O–H groups in total. The third-order valence-corrected chi connectivity index (χ3v) is 3.62. The predicted octanol–water partition coefficient (Wildman–Crippen LogP) is 3.22. The number of benzene rings is 2. The van der Waals surface area contributed by atoms with Gasteiger partial charge in [-0.15, -0.1) is 0 Å². The van der Waals surface area contributed by atoms with Gasteiger partial charge in [-0.05, 0) is 25.0 Å². The Kier molecular flexibility index (Phi) is 5.01. The minimum atomic E-state index is -1.55. The van der Waals surface area contributed by atoms with Crippen LogP contribution in [0.4, 0.5) is 4.79 Å². The zero-order valence-electron chi connectivity index (χ0n) is 13.1. The van der Waals surface area contributed by atoms with Gasteiger partial charge in [0.05, 0.1) is 0 Å². The molecule has 1 amide bonds. The average Bonchev–Trinajstić information content (AvgIpc) is 2.54. The van der Waals surface area contributed by atoms with Crippen molar-refractivity contribution in [3.05, 3.63) is 71.3 Å².